The third-order valence-electron chi connectivity index (χ3n) is 9.97. The fraction of sp³-hybridized carbons (Fsp3) is 0.0455. The fourth-order valence-electron chi connectivity index (χ4n) is 7.50. The second-order valence-electron chi connectivity index (χ2n) is 12.7. The van der Waals surface area contributed by atoms with E-state index < -0.39 is 0 Å². The highest BCUT2D eigenvalue weighted by Gasteiger charge is 2.16. The molecule has 1 aliphatic rings. The highest BCUT2D eigenvalue weighted by Crippen LogP contribution is 2.34. The van der Waals surface area contributed by atoms with Gasteiger partial charge < -0.3 is 9.13 Å². The fourth-order valence-corrected chi connectivity index (χ4v) is 7.50. The van der Waals surface area contributed by atoms with E-state index in [0.717, 1.165) is 63.2 Å². The lowest BCUT2D eigenvalue weighted by Crippen LogP contribution is -2.07. The zero-order chi connectivity index (χ0) is 33.0. The van der Waals surface area contributed by atoms with Gasteiger partial charge in [-0.15, -0.1) is 0 Å². The first-order valence-corrected chi connectivity index (χ1v) is 16.9. The van der Waals surface area contributed by atoms with E-state index in [0.29, 0.717) is 0 Å². The van der Waals surface area contributed by atoms with Gasteiger partial charge in [0, 0.05) is 69.5 Å². The number of benzene rings is 4. The van der Waals surface area contributed by atoms with Crippen molar-refractivity contribution >= 4 is 54.9 Å². The molecule has 4 aromatic carbocycles. The molecule has 9 aromatic rings. The summed E-state index contributed by atoms with van der Waals surface area (Å²) in [6, 6.07) is 42.9. The Morgan fingerprint density at radius 2 is 1.04 bits per heavy atom. The van der Waals surface area contributed by atoms with Gasteiger partial charge in [-0.3, -0.25) is 19.9 Å². The minimum atomic E-state index is 0.849. The van der Waals surface area contributed by atoms with Crippen molar-refractivity contribution in [2.45, 2.75) is 12.8 Å². The number of fused-ring (bicyclic) bond motifs is 6. The molecule has 50 heavy (non-hydrogen) atoms. The lowest BCUT2D eigenvalue weighted by molar-refractivity contribution is 1.06. The number of aliphatic imine (C=N–C) groups is 1. The number of hydrogen-bond acceptors (Lipinski definition) is 4. The highest BCUT2D eigenvalue weighted by atomic mass is 15.0. The van der Waals surface area contributed by atoms with E-state index in [1.54, 1.807) is 0 Å². The summed E-state index contributed by atoms with van der Waals surface area (Å²) in [7, 11) is 0. The SMILES string of the molecule is C1=C(c2ccc(-n3c4ccccc4c4ccncc43)cc2)CCC(c2ccc(-c3ccc(-n4c5ccccc5c5cnccc54)cc3)cn2)=N1. The van der Waals surface area contributed by atoms with Gasteiger partial charge >= 0.3 is 0 Å². The topological polar surface area (TPSA) is 60.9 Å². The summed E-state index contributed by atoms with van der Waals surface area (Å²) in [4.78, 5) is 18.5. The Labute approximate surface area is 288 Å². The second kappa shape index (κ2) is 11.5. The molecule has 0 N–H and O–H groups in total. The lowest BCUT2D eigenvalue weighted by atomic mass is 9.97. The summed E-state index contributed by atoms with van der Waals surface area (Å²) >= 11 is 0. The molecule has 0 unspecified atom stereocenters. The maximum absolute atomic E-state index is 4.88. The van der Waals surface area contributed by atoms with Crippen molar-refractivity contribution in [3.05, 3.63) is 170 Å². The van der Waals surface area contributed by atoms with Crippen molar-refractivity contribution in [3.8, 4) is 22.5 Å². The maximum atomic E-state index is 4.88. The smallest absolute Gasteiger partial charge is 0.0844 e. The standard InChI is InChI=1S/C44H30N6/c1-3-7-41-35(5-1)37-21-23-46-28-44(37)50(41)34-17-11-30(12-18-34)32-14-20-40(48-26-32)39-19-13-31(25-47-39)29-9-15-33(16-10-29)49-42-8-4-2-6-36(42)38-27-45-24-22-43(38)49/h1-13,15-19,21-28H,14,20H2. The van der Waals surface area contributed by atoms with Gasteiger partial charge in [0.2, 0.25) is 0 Å². The average Bonchev–Trinajstić information content (AvgIpc) is 3.71. The van der Waals surface area contributed by atoms with Crippen molar-refractivity contribution in [3.63, 3.8) is 0 Å². The van der Waals surface area contributed by atoms with Gasteiger partial charge in [0.15, 0.2) is 0 Å². The molecule has 0 amide bonds. The van der Waals surface area contributed by atoms with Crippen LogP contribution in [-0.4, -0.2) is 29.8 Å². The van der Waals surface area contributed by atoms with Gasteiger partial charge in [-0.2, -0.15) is 0 Å². The minimum absolute atomic E-state index is 0.849. The number of hydrogen-bond donors (Lipinski definition) is 0. The third kappa shape index (κ3) is 4.57. The van der Waals surface area contributed by atoms with Crippen LogP contribution in [0.1, 0.15) is 24.1 Å². The van der Waals surface area contributed by atoms with Crippen LogP contribution in [0.3, 0.4) is 0 Å². The van der Waals surface area contributed by atoms with E-state index in [-0.39, 0.29) is 0 Å². The Kier molecular flexibility index (Phi) is 6.52. The molecule has 0 radical (unpaired) electrons. The van der Waals surface area contributed by atoms with Gasteiger partial charge in [-0.25, -0.2) is 0 Å². The predicted octanol–water partition coefficient (Wildman–Crippen LogP) is 10.4. The molecule has 10 rings (SSSR count). The number of nitrogens with zero attached hydrogens (tertiary/aromatic N) is 6. The molecule has 0 bridgehead atoms. The van der Waals surface area contributed by atoms with Gasteiger partial charge in [0.1, 0.15) is 0 Å². The molecule has 0 saturated carbocycles. The van der Waals surface area contributed by atoms with Crippen LogP contribution in [0.25, 0.3) is 71.7 Å². The Morgan fingerprint density at radius 1 is 0.440 bits per heavy atom. The predicted molar refractivity (Wildman–Crippen MR) is 204 cm³/mol. The molecule has 0 spiro atoms. The van der Waals surface area contributed by atoms with E-state index in [1.165, 1.54) is 38.3 Å². The second-order valence-corrected chi connectivity index (χ2v) is 12.7. The molecule has 6 heteroatoms. The van der Waals surface area contributed by atoms with E-state index in [4.69, 9.17) is 9.98 Å². The zero-order valence-electron chi connectivity index (χ0n) is 27.1. The summed E-state index contributed by atoms with van der Waals surface area (Å²) in [6.07, 6.45) is 13.4. The van der Waals surface area contributed by atoms with Gasteiger partial charge in [-0.05, 0) is 84.1 Å². The van der Waals surface area contributed by atoms with Crippen molar-refractivity contribution in [1.82, 2.24) is 24.1 Å². The Bertz CT molecular complexity index is 2680. The largest absolute Gasteiger partial charge is 0.309 e. The summed E-state index contributed by atoms with van der Waals surface area (Å²) in [5, 5.41) is 4.81. The van der Waals surface area contributed by atoms with Crippen LogP contribution < -0.4 is 0 Å². The first-order valence-electron chi connectivity index (χ1n) is 16.9. The maximum Gasteiger partial charge on any atom is 0.0844 e. The number of allylic oxidation sites excluding steroid dienone is 1. The minimum Gasteiger partial charge on any atom is -0.309 e. The van der Waals surface area contributed by atoms with Crippen molar-refractivity contribution in [2.75, 3.05) is 0 Å². The Hall–Kier alpha value is -6.66. The van der Waals surface area contributed by atoms with Crippen molar-refractivity contribution < 1.29 is 0 Å². The first-order chi connectivity index (χ1) is 24.8. The van der Waals surface area contributed by atoms with E-state index in [2.05, 4.69) is 140 Å². The third-order valence-corrected chi connectivity index (χ3v) is 9.97. The summed E-state index contributed by atoms with van der Waals surface area (Å²) in [5.41, 5.74) is 13.4. The normalized spacial score (nSPS) is 13.3. The molecule has 236 valence electrons. The molecule has 1 aliphatic heterocycles. The molecular weight excluding hydrogens is 613 g/mol. The monoisotopic (exact) mass is 642 g/mol. The molecule has 0 fully saturated rings. The molecular formula is C44H30N6. The van der Waals surface area contributed by atoms with Crippen LogP contribution in [0.4, 0.5) is 0 Å². The Balaban J connectivity index is 0.888. The number of aromatic nitrogens is 5. The van der Waals surface area contributed by atoms with E-state index in [9.17, 15) is 0 Å². The van der Waals surface area contributed by atoms with Gasteiger partial charge in [0.25, 0.3) is 0 Å². The zero-order valence-corrected chi connectivity index (χ0v) is 27.1. The van der Waals surface area contributed by atoms with Gasteiger partial charge in [-0.1, -0.05) is 66.7 Å². The summed E-state index contributed by atoms with van der Waals surface area (Å²) < 4.78 is 4.60. The summed E-state index contributed by atoms with van der Waals surface area (Å²) in [6.45, 7) is 0. The van der Waals surface area contributed by atoms with E-state index in [1.807, 2.05) is 37.2 Å². The average molecular weight is 643 g/mol. The lowest BCUT2D eigenvalue weighted by Gasteiger charge is -2.15. The number of pyridine rings is 3. The molecule has 0 aliphatic carbocycles. The molecule has 0 atom stereocenters. The van der Waals surface area contributed by atoms with Crippen LogP contribution in [-0.2, 0) is 0 Å². The molecule has 0 saturated heterocycles. The van der Waals surface area contributed by atoms with Crippen LogP contribution >= 0.6 is 0 Å². The van der Waals surface area contributed by atoms with Gasteiger partial charge in [0.05, 0.1) is 39.7 Å². The molecule has 6 nitrogen and oxygen atoms in total. The Morgan fingerprint density at radius 3 is 1.74 bits per heavy atom. The number of para-hydroxylation sites is 2. The first kappa shape index (κ1) is 28.4. The molecule has 6 heterocycles. The van der Waals surface area contributed by atoms with Crippen molar-refractivity contribution in [2.24, 2.45) is 4.99 Å². The summed E-state index contributed by atoms with van der Waals surface area (Å²) in [5.74, 6) is 0. The quantitative estimate of drug-likeness (QED) is 0.188. The van der Waals surface area contributed by atoms with Crippen LogP contribution in [0.15, 0.2) is 164 Å². The number of rotatable bonds is 5. The molecule has 5 aromatic heterocycles. The highest BCUT2D eigenvalue weighted by molar-refractivity contribution is 6.10. The van der Waals surface area contributed by atoms with Crippen LogP contribution in [0.2, 0.25) is 0 Å². The van der Waals surface area contributed by atoms with Crippen molar-refractivity contribution in [1.29, 1.82) is 0 Å². The van der Waals surface area contributed by atoms with E-state index >= 15 is 0 Å². The van der Waals surface area contributed by atoms with Crippen LogP contribution in [0.5, 0.6) is 0 Å². The van der Waals surface area contributed by atoms with Crippen LogP contribution in [0, 0.1) is 0 Å².